The zero-order chi connectivity index (χ0) is 31.0. The SMILES string of the molecule is CCCC12CCC3C(CCC4C3(C)CC[C@H]3C(C)(C)C(OC(=O)CC(C)(C)C(=O)O)CCC43C)C1=C(C(C)C)C(=O)C2. The summed E-state index contributed by atoms with van der Waals surface area (Å²) in [6, 6.07) is 0. The van der Waals surface area contributed by atoms with Crippen molar-refractivity contribution < 1.29 is 24.2 Å². The number of rotatable bonds is 7. The Morgan fingerprint density at radius 1 is 0.952 bits per heavy atom. The second-order valence-electron chi connectivity index (χ2n) is 17.3. The number of fused-ring (bicyclic) bond motifs is 7. The van der Waals surface area contributed by atoms with Crippen molar-refractivity contribution in [1.82, 2.24) is 0 Å². The first-order chi connectivity index (χ1) is 19.4. The molecule has 0 aromatic rings. The fraction of sp³-hybridized carbons (Fsp3) is 0.865. The number of allylic oxidation sites excluding steroid dienone is 2. The van der Waals surface area contributed by atoms with E-state index in [4.69, 9.17) is 4.74 Å². The van der Waals surface area contributed by atoms with E-state index in [1.54, 1.807) is 19.4 Å². The van der Waals surface area contributed by atoms with Gasteiger partial charge in [0.05, 0.1) is 11.8 Å². The molecule has 4 fully saturated rings. The van der Waals surface area contributed by atoms with Crippen molar-refractivity contribution in [2.24, 2.45) is 56.7 Å². The number of carboxylic acids is 1. The number of hydrogen-bond acceptors (Lipinski definition) is 4. The molecule has 5 rings (SSSR count). The van der Waals surface area contributed by atoms with Crippen LogP contribution in [0.1, 0.15) is 139 Å². The van der Waals surface area contributed by atoms with E-state index < -0.39 is 11.4 Å². The topological polar surface area (TPSA) is 80.7 Å². The van der Waals surface area contributed by atoms with Crippen LogP contribution in [0.2, 0.25) is 0 Å². The Balaban J connectivity index is 1.41. The largest absolute Gasteiger partial charge is 0.481 e. The number of carbonyl (C=O) groups excluding carboxylic acids is 2. The van der Waals surface area contributed by atoms with Gasteiger partial charge in [-0.05, 0) is 123 Å². The first-order valence-electron chi connectivity index (χ1n) is 17.2. The van der Waals surface area contributed by atoms with E-state index in [-0.39, 0.29) is 40.2 Å². The average molecular weight is 583 g/mol. The number of hydrogen-bond donors (Lipinski definition) is 1. The second kappa shape index (κ2) is 10.5. The highest BCUT2D eigenvalue weighted by Gasteiger charge is 2.66. The molecule has 236 valence electrons. The normalized spacial score (nSPS) is 41.1. The van der Waals surface area contributed by atoms with Crippen LogP contribution in [0.5, 0.6) is 0 Å². The monoisotopic (exact) mass is 582 g/mol. The van der Waals surface area contributed by atoms with Gasteiger partial charge in [-0.1, -0.05) is 60.5 Å². The Morgan fingerprint density at radius 2 is 1.62 bits per heavy atom. The van der Waals surface area contributed by atoms with Crippen molar-refractivity contribution in [2.45, 2.75) is 145 Å². The average Bonchev–Trinajstić information content (AvgIpc) is 3.17. The van der Waals surface area contributed by atoms with E-state index in [0.717, 1.165) is 38.5 Å². The van der Waals surface area contributed by atoms with Gasteiger partial charge in [-0.3, -0.25) is 14.4 Å². The summed E-state index contributed by atoms with van der Waals surface area (Å²) in [4.78, 5) is 38.1. The van der Waals surface area contributed by atoms with Crippen molar-refractivity contribution in [1.29, 1.82) is 0 Å². The molecule has 4 saturated carbocycles. The van der Waals surface area contributed by atoms with Gasteiger partial charge in [0, 0.05) is 11.8 Å². The fourth-order valence-corrected chi connectivity index (χ4v) is 12.0. The minimum Gasteiger partial charge on any atom is -0.481 e. The minimum absolute atomic E-state index is 0.100. The molecule has 0 aromatic heterocycles. The molecule has 0 aromatic carbocycles. The third-order valence-electron chi connectivity index (χ3n) is 13.8. The van der Waals surface area contributed by atoms with Crippen molar-refractivity contribution in [2.75, 3.05) is 0 Å². The van der Waals surface area contributed by atoms with Crippen LogP contribution in [0.15, 0.2) is 11.1 Å². The summed E-state index contributed by atoms with van der Waals surface area (Å²) in [7, 11) is 0. The molecule has 0 spiro atoms. The number of Topliss-reactive ketones (excluding diaryl/α,β-unsaturated/α-hetero) is 1. The number of carbonyl (C=O) groups is 3. The van der Waals surface area contributed by atoms with E-state index in [2.05, 4.69) is 48.5 Å². The van der Waals surface area contributed by atoms with Crippen LogP contribution in [0.25, 0.3) is 0 Å². The lowest BCUT2D eigenvalue weighted by Crippen LogP contribution is -2.63. The molecule has 42 heavy (non-hydrogen) atoms. The molecule has 0 aliphatic heterocycles. The van der Waals surface area contributed by atoms with Gasteiger partial charge in [-0.15, -0.1) is 0 Å². The lowest BCUT2D eigenvalue weighted by Gasteiger charge is -2.69. The van der Waals surface area contributed by atoms with Gasteiger partial charge in [-0.2, -0.15) is 0 Å². The molecule has 0 amide bonds. The van der Waals surface area contributed by atoms with Gasteiger partial charge in [0.2, 0.25) is 0 Å². The number of esters is 1. The van der Waals surface area contributed by atoms with Crippen molar-refractivity contribution in [3.05, 3.63) is 11.1 Å². The molecule has 8 atom stereocenters. The van der Waals surface area contributed by atoms with Gasteiger partial charge in [0.25, 0.3) is 0 Å². The summed E-state index contributed by atoms with van der Waals surface area (Å²) in [5.41, 5.74) is 2.08. The molecule has 1 N–H and O–H groups in total. The molecule has 5 nitrogen and oxygen atoms in total. The summed E-state index contributed by atoms with van der Waals surface area (Å²) < 4.78 is 6.12. The summed E-state index contributed by atoms with van der Waals surface area (Å²) in [5, 5.41) is 9.52. The van der Waals surface area contributed by atoms with Gasteiger partial charge in [-0.25, -0.2) is 0 Å². The highest BCUT2D eigenvalue weighted by atomic mass is 16.5. The lowest BCUT2D eigenvalue weighted by atomic mass is 9.36. The maximum Gasteiger partial charge on any atom is 0.309 e. The van der Waals surface area contributed by atoms with E-state index in [0.29, 0.717) is 35.4 Å². The Kier molecular flexibility index (Phi) is 7.92. The van der Waals surface area contributed by atoms with E-state index >= 15 is 0 Å². The molecule has 0 heterocycles. The summed E-state index contributed by atoms with van der Waals surface area (Å²) >= 11 is 0. The number of aliphatic carboxylic acids is 1. The predicted octanol–water partition coefficient (Wildman–Crippen LogP) is 8.79. The molecular formula is C37H58O5. The highest BCUT2D eigenvalue weighted by Crippen LogP contribution is 2.73. The zero-order valence-corrected chi connectivity index (χ0v) is 28.0. The molecule has 5 aliphatic carbocycles. The Morgan fingerprint density at radius 3 is 2.24 bits per heavy atom. The summed E-state index contributed by atoms with van der Waals surface area (Å²) in [6.07, 6.45) is 11.9. The lowest BCUT2D eigenvalue weighted by molar-refractivity contribution is -0.213. The van der Waals surface area contributed by atoms with Gasteiger partial charge in [0.15, 0.2) is 5.78 Å². The van der Waals surface area contributed by atoms with Gasteiger partial charge in [0.1, 0.15) is 6.10 Å². The van der Waals surface area contributed by atoms with Crippen LogP contribution in [0.3, 0.4) is 0 Å². The third-order valence-corrected chi connectivity index (χ3v) is 13.8. The number of ether oxygens (including phenoxy) is 1. The molecule has 7 unspecified atom stereocenters. The number of ketones is 1. The highest BCUT2D eigenvalue weighted by molar-refractivity contribution is 6.00. The van der Waals surface area contributed by atoms with E-state index in [9.17, 15) is 19.5 Å². The van der Waals surface area contributed by atoms with Crippen molar-refractivity contribution in [3.63, 3.8) is 0 Å². The molecule has 0 saturated heterocycles. The van der Waals surface area contributed by atoms with E-state index in [1.807, 2.05) is 0 Å². The van der Waals surface area contributed by atoms with Gasteiger partial charge >= 0.3 is 11.9 Å². The van der Waals surface area contributed by atoms with Crippen LogP contribution in [0, 0.1) is 56.7 Å². The Labute approximate surface area is 255 Å². The molecular weight excluding hydrogens is 524 g/mol. The minimum atomic E-state index is -1.13. The molecule has 5 heteroatoms. The molecule has 5 aliphatic rings. The first-order valence-corrected chi connectivity index (χ1v) is 17.2. The van der Waals surface area contributed by atoms with Crippen LogP contribution in [-0.4, -0.2) is 28.9 Å². The molecule has 0 radical (unpaired) electrons. The standard InChI is InChI=1S/C37H58O5/c1-10-16-37-19-13-24-23(31(37)30(22(2)3)25(38)20-37)11-12-27-35(24,8)17-14-26-34(6,7)28(15-18-36(26,27)9)42-29(39)21-33(4,5)32(40)41/h22-24,26-28H,10-21H2,1-9H3,(H,40,41)/t23?,24?,26-,27?,28?,35?,36?,37?/m0/s1. The predicted molar refractivity (Wildman–Crippen MR) is 166 cm³/mol. The third kappa shape index (κ3) is 4.64. The second-order valence-corrected chi connectivity index (χ2v) is 17.3. The summed E-state index contributed by atoms with van der Waals surface area (Å²) in [5.74, 6) is 1.69. The Bertz CT molecular complexity index is 1160. The van der Waals surface area contributed by atoms with Crippen LogP contribution < -0.4 is 0 Å². The smallest absolute Gasteiger partial charge is 0.309 e. The van der Waals surface area contributed by atoms with Crippen LogP contribution >= 0.6 is 0 Å². The molecule has 0 bridgehead atoms. The summed E-state index contributed by atoms with van der Waals surface area (Å²) in [6.45, 7) is 19.7. The zero-order valence-electron chi connectivity index (χ0n) is 28.0. The number of carboxylic acid groups (broad SMARTS) is 1. The van der Waals surface area contributed by atoms with Crippen molar-refractivity contribution >= 4 is 17.7 Å². The fourth-order valence-electron chi connectivity index (χ4n) is 12.0. The van der Waals surface area contributed by atoms with E-state index in [1.165, 1.54) is 37.7 Å². The maximum absolute atomic E-state index is 13.5. The first kappa shape index (κ1) is 31.8. The quantitative estimate of drug-likeness (QED) is 0.303. The van der Waals surface area contributed by atoms with Crippen LogP contribution in [-0.2, 0) is 19.1 Å². The van der Waals surface area contributed by atoms with Gasteiger partial charge < -0.3 is 9.84 Å². The Hall–Kier alpha value is -1.65. The van der Waals surface area contributed by atoms with Crippen LogP contribution in [0.4, 0.5) is 0 Å². The van der Waals surface area contributed by atoms with Crippen molar-refractivity contribution in [3.8, 4) is 0 Å². The maximum atomic E-state index is 13.5.